The first-order valence-electron chi connectivity index (χ1n) is 25.6. The van der Waals surface area contributed by atoms with E-state index in [9.17, 15) is 111 Å². The molecule has 3 amide bonds. The van der Waals surface area contributed by atoms with Gasteiger partial charge in [0.05, 0.1) is 51.3 Å². The van der Waals surface area contributed by atoms with Crippen molar-refractivity contribution in [1.82, 2.24) is 16.0 Å². The van der Waals surface area contributed by atoms with Gasteiger partial charge in [-0.25, -0.2) is 4.79 Å². The smallest absolute Gasteiger partial charge is 0.364 e. The molecule has 6 heterocycles. The van der Waals surface area contributed by atoms with Crippen LogP contribution in [-0.2, 0) is 71.3 Å². The van der Waals surface area contributed by atoms with Crippen LogP contribution >= 0.6 is 0 Å². The standard InChI is InChI=1S/C45H75N3O33/c1-11-24(59)29(64)30(65)41(71-11)78-36-23(48-14(4)56)39(68)72-20(10-53)34(36)77-42-31(66)37(26(61)17(7-50)73-42)79-40-22(47-13(3)55)28(63)33(19(9-52)75-40)76-43-32(67)38(27(62)18(8-51)74-43)81-45(44(69)70)5-15(57)21(46-12(2)54)35(80-45)25(60)16(58)6-49/h11,15-43,49-53,57-68H,5-10H2,1-4H3,(H,46,54)(H,47,55)(H,48,56)(H,69,70)/t11-,15-,16+,17+,18+,19+,20+,21+,22+,23+,24+,25+,26-,27-,28+,29+,30-,31+,32+,33+,34+,35+,36+,37-,38-,39+,40-,41-,42-,43-,45-/m0/s1. The molecule has 0 aromatic heterocycles. The molecule has 6 aliphatic heterocycles. The maximum Gasteiger partial charge on any atom is 0.364 e. The molecule has 6 fully saturated rings. The number of ether oxygens (including phenoxy) is 11. The molecule has 0 spiro atoms. The topological polar surface area (TPSA) is 570 Å². The van der Waals surface area contributed by atoms with Crippen molar-refractivity contribution in [3.63, 3.8) is 0 Å². The van der Waals surface area contributed by atoms with Crippen LogP contribution in [0.15, 0.2) is 0 Å². The van der Waals surface area contributed by atoms with Crippen LogP contribution in [0.4, 0.5) is 0 Å². The van der Waals surface area contributed by atoms with Gasteiger partial charge in [-0.15, -0.1) is 0 Å². The second-order valence-corrected chi connectivity index (χ2v) is 20.4. The molecule has 31 atom stereocenters. The van der Waals surface area contributed by atoms with E-state index >= 15 is 0 Å². The monoisotopic (exact) mass is 1190 g/mol. The lowest BCUT2D eigenvalue weighted by Crippen LogP contribution is -2.71. The summed E-state index contributed by atoms with van der Waals surface area (Å²) in [6, 6.07) is -5.23. The molecule has 6 saturated heterocycles. The Hall–Kier alpha value is -3.24. The molecule has 81 heavy (non-hydrogen) atoms. The molecule has 0 aromatic rings. The minimum Gasteiger partial charge on any atom is -0.477 e. The third-order valence-electron chi connectivity index (χ3n) is 14.6. The maximum atomic E-state index is 13.0. The Bertz CT molecular complexity index is 2080. The van der Waals surface area contributed by atoms with Crippen molar-refractivity contribution in [2.45, 2.75) is 224 Å². The quantitative estimate of drug-likeness (QED) is 0.0507. The van der Waals surface area contributed by atoms with Crippen molar-refractivity contribution >= 4 is 23.7 Å². The van der Waals surface area contributed by atoms with Gasteiger partial charge in [-0.2, -0.15) is 0 Å². The van der Waals surface area contributed by atoms with Crippen molar-refractivity contribution in [2.75, 3.05) is 33.0 Å². The number of aliphatic hydroxyl groups is 17. The molecule has 36 nitrogen and oxygen atoms in total. The molecule has 6 aliphatic rings. The maximum absolute atomic E-state index is 13.0. The lowest BCUT2D eigenvalue weighted by Gasteiger charge is -2.51. The number of aliphatic carboxylic acids is 1. The summed E-state index contributed by atoms with van der Waals surface area (Å²) in [6.45, 7) is -1.20. The van der Waals surface area contributed by atoms with Gasteiger partial charge in [0.25, 0.3) is 5.79 Å². The number of rotatable bonds is 21. The van der Waals surface area contributed by atoms with E-state index in [4.69, 9.17) is 52.1 Å². The fourth-order valence-electron chi connectivity index (χ4n) is 10.4. The number of carbonyl (C=O) groups excluding carboxylic acids is 3. The van der Waals surface area contributed by atoms with Gasteiger partial charge in [0.1, 0.15) is 134 Å². The van der Waals surface area contributed by atoms with Gasteiger partial charge in [-0.1, -0.05) is 0 Å². The van der Waals surface area contributed by atoms with Crippen LogP contribution in [0.5, 0.6) is 0 Å². The second-order valence-electron chi connectivity index (χ2n) is 20.4. The first-order valence-corrected chi connectivity index (χ1v) is 25.6. The summed E-state index contributed by atoms with van der Waals surface area (Å²) in [4.78, 5) is 50.2. The van der Waals surface area contributed by atoms with E-state index in [1.54, 1.807) is 0 Å². The van der Waals surface area contributed by atoms with Crippen molar-refractivity contribution in [3.05, 3.63) is 0 Å². The second kappa shape index (κ2) is 28.3. The Morgan fingerprint density at radius 3 is 1.49 bits per heavy atom. The summed E-state index contributed by atoms with van der Waals surface area (Å²) in [6.07, 6.45) is -54.8. The number of hydrogen-bond acceptors (Lipinski definition) is 32. The van der Waals surface area contributed by atoms with Crippen LogP contribution in [0.2, 0.25) is 0 Å². The zero-order chi connectivity index (χ0) is 60.3. The molecule has 6 rings (SSSR count). The zero-order valence-corrected chi connectivity index (χ0v) is 43.7. The SMILES string of the molecule is CC(=O)N[C@@H]1[C@@H](O[C@@H]2O[C@@H](C)[C@@H](O)[C@@H](O)[C@@H]2O)[C@H](O[C@@H]2O[C@H](CO)[C@H](O)[C@H](O[C@@H]3O[C@H](CO)[C@@H](O[C@@H]4O[C@H](CO)[C@H](O)[C@H](O[C@]5(C(=O)O)C[C@H](O)[C@@H](NC(C)=O)[C@H]([C@H](O)[C@H](O)CO)O5)[C@H]4O)[C@H](O)[C@H]3NC(C)=O)[C@H]2O)[C@@H](CO)O[C@H]1O. The number of nitrogens with one attached hydrogen (secondary N) is 3. The first-order chi connectivity index (χ1) is 38.1. The number of aliphatic hydroxyl groups excluding tert-OH is 17. The molecule has 0 bridgehead atoms. The number of carbonyl (C=O) groups is 4. The number of carboxylic acids is 1. The summed E-state index contributed by atoms with van der Waals surface area (Å²) in [5, 5.41) is 202. The fourth-order valence-corrected chi connectivity index (χ4v) is 10.4. The van der Waals surface area contributed by atoms with Crippen LogP contribution in [0.3, 0.4) is 0 Å². The molecular formula is C45H75N3O33. The van der Waals surface area contributed by atoms with E-state index in [1.807, 2.05) is 0 Å². The summed E-state index contributed by atoms with van der Waals surface area (Å²) in [5.74, 6) is -7.83. The average molecular weight is 1190 g/mol. The van der Waals surface area contributed by atoms with Crippen molar-refractivity contribution in [2.24, 2.45) is 0 Å². The molecule has 0 radical (unpaired) electrons. The van der Waals surface area contributed by atoms with Crippen LogP contribution in [0.25, 0.3) is 0 Å². The summed E-state index contributed by atoms with van der Waals surface area (Å²) in [5.41, 5.74) is 0. The van der Waals surface area contributed by atoms with E-state index < -0.39 is 253 Å². The van der Waals surface area contributed by atoms with Gasteiger partial charge in [-0.05, 0) is 6.92 Å². The molecule has 0 aliphatic carbocycles. The third kappa shape index (κ3) is 14.5. The molecule has 21 N–H and O–H groups in total. The third-order valence-corrected chi connectivity index (χ3v) is 14.6. The van der Waals surface area contributed by atoms with Gasteiger partial charge in [-0.3, -0.25) is 14.4 Å². The van der Waals surface area contributed by atoms with Crippen molar-refractivity contribution in [3.8, 4) is 0 Å². The van der Waals surface area contributed by atoms with Gasteiger partial charge < -0.3 is 160 Å². The Morgan fingerprint density at radius 1 is 0.506 bits per heavy atom. The van der Waals surface area contributed by atoms with Crippen molar-refractivity contribution in [1.29, 1.82) is 0 Å². The minimum atomic E-state index is -3.20. The van der Waals surface area contributed by atoms with Crippen molar-refractivity contribution < 1.29 is 163 Å². The van der Waals surface area contributed by atoms with Gasteiger partial charge >= 0.3 is 5.97 Å². The van der Waals surface area contributed by atoms with E-state index in [0.29, 0.717) is 0 Å². The van der Waals surface area contributed by atoms with Crippen LogP contribution in [-0.4, -0.2) is 338 Å². The molecule has 0 aromatic carbocycles. The highest BCUT2D eigenvalue weighted by Crippen LogP contribution is 2.40. The normalized spacial score (nSPS) is 46.7. The van der Waals surface area contributed by atoms with E-state index in [0.717, 1.165) is 20.8 Å². The molecule has 36 heteroatoms. The van der Waals surface area contributed by atoms with Crippen LogP contribution in [0, 0.1) is 0 Å². The zero-order valence-electron chi connectivity index (χ0n) is 43.7. The van der Waals surface area contributed by atoms with E-state index in [-0.39, 0.29) is 0 Å². The van der Waals surface area contributed by atoms with E-state index in [1.165, 1.54) is 6.92 Å². The number of amides is 3. The largest absolute Gasteiger partial charge is 0.477 e. The highest BCUT2D eigenvalue weighted by molar-refractivity contribution is 5.77. The first kappa shape index (κ1) is 66.9. The molecule has 0 unspecified atom stereocenters. The minimum absolute atomic E-state index is 0.794. The van der Waals surface area contributed by atoms with E-state index in [2.05, 4.69) is 16.0 Å². The highest BCUT2D eigenvalue weighted by atomic mass is 16.8. The van der Waals surface area contributed by atoms with Crippen LogP contribution in [0.1, 0.15) is 34.1 Å². The molecule has 468 valence electrons. The molecular weight excluding hydrogens is 1110 g/mol. The summed E-state index contributed by atoms with van der Waals surface area (Å²) >= 11 is 0. The van der Waals surface area contributed by atoms with Gasteiger partial charge in [0.15, 0.2) is 31.5 Å². The Morgan fingerprint density at radius 2 is 0.963 bits per heavy atom. The Labute approximate surface area is 459 Å². The predicted molar refractivity (Wildman–Crippen MR) is 250 cm³/mol. The number of carboxylic acid groups (broad SMARTS) is 1. The average Bonchev–Trinajstić information content (AvgIpc) is 3.60. The van der Waals surface area contributed by atoms with Gasteiger partial charge in [0.2, 0.25) is 17.7 Å². The Kier molecular flexibility index (Phi) is 23.4. The molecule has 0 saturated carbocycles. The fraction of sp³-hybridized carbons (Fsp3) is 0.911. The summed E-state index contributed by atoms with van der Waals surface area (Å²) in [7, 11) is 0. The van der Waals surface area contributed by atoms with Gasteiger partial charge in [0, 0.05) is 27.2 Å². The lowest BCUT2D eigenvalue weighted by atomic mass is 9.88. The highest BCUT2D eigenvalue weighted by Gasteiger charge is 2.61. The number of hydrogen-bond donors (Lipinski definition) is 21. The van der Waals surface area contributed by atoms with Crippen LogP contribution < -0.4 is 16.0 Å². The lowest BCUT2D eigenvalue weighted by molar-refractivity contribution is -0.391. The summed E-state index contributed by atoms with van der Waals surface area (Å²) < 4.78 is 63.6. The Balaban J connectivity index is 1.26. The predicted octanol–water partition coefficient (Wildman–Crippen LogP) is -13.4.